The van der Waals surface area contributed by atoms with Gasteiger partial charge in [-0.25, -0.2) is 0 Å². The number of carbonyl (C=O) groups excluding carboxylic acids is 4. The van der Waals surface area contributed by atoms with Gasteiger partial charge in [-0.05, 0) is 0 Å². The van der Waals surface area contributed by atoms with Crippen LogP contribution in [0.4, 0.5) is 0 Å². The quantitative estimate of drug-likeness (QED) is 0.595. The first-order valence-electron chi connectivity index (χ1n) is 7.87. The summed E-state index contributed by atoms with van der Waals surface area (Å²) in [6.07, 6.45) is 2.16. The van der Waals surface area contributed by atoms with Crippen LogP contribution >= 0.6 is 12.3 Å². The van der Waals surface area contributed by atoms with Crippen LogP contribution in [0, 0.1) is 0 Å². The third-order valence-corrected chi connectivity index (χ3v) is 4.59. The molecule has 0 saturated carbocycles. The molecule has 7 heteroatoms. The lowest BCUT2D eigenvalue weighted by Crippen LogP contribution is -2.19. The van der Waals surface area contributed by atoms with E-state index in [1.165, 1.54) is 6.07 Å². The molecule has 2 aliphatic carbocycles. The van der Waals surface area contributed by atoms with E-state index in [0.717, 1.165) is 12.2 Å². The summed E-state index contributed by atoms with van der Waals surface area (Å²) < 4.78 is 10.6. The number of rotatable bonds is 4. The van der Waals surface area contributed by atoms with Crippen molar-refractivity contribution in [3.63, 3.8) is 0 Å². The van der Waals surface area contributed by atoms with Crippen molar-refractivity contribution in [2.45, 2.75) is 0 Å². The summed E-state index contributed by atoms with van der Waals surface area (Å²) >= 11 is 0.440. The molecular formula is C20H10O6S. The summed E-state index contributed by atoms with van der Waals surface area (Å²) in [6.45, 7) is 0. The molecule has 2 aromatic carbocycles. The van der Waals surface area contributed by atoms with Gasteiger partial charge < -0.3 is 8.37 Å². The molecule has 0 aromatic heterocycles. The molecule has 0 unspecified atom stereocenters. The molecule has 0 saturated heterocycles. The van der Waals surface area contributed by atoms with Gasteiger partial charge in [0.25, 0.3) is 12.3 Å². The molecule has 0 radical (unpaired) electrons. The van der Waals surface area contributed by atoms with E-state index in [1.54, 1.807) is 42.5 Å². The zero-order valence-electron chi connectivity index (χ0n) is 13.6. The van der Waals surface area contributed by atoms with Crippen LogP contribution in [0.5, 0.6) is 0 Å². The highest BCUT2D eigenvalue weighted by Crippen LogP contribution is 2.31. The van der Waals surface area contributed by atoms with Crippen molar-refractivity contribution in [1.29, 1.82) is 0 Å². The van der Waals surface area contributed by atoms with Crippen molar-refractivity contribution in [3.05, 3.63) is 88.7 Å². The fourth-order valence-corrected chi connectivity index (χ4v) is 3.25. The zero-order chi connectivity index (χ0) is 19.0. The summed E-state index contributed by atoms with van der Waals surface area (Å²) in [7, 11) is 0. The lowest BCUT2D eigenvalue weighted by molar-refractivity contribution is -0.111. The van der Waals surface area contributed by atoms with Gasteiger partial charge in [0.1, 0.15) is 0 Å². The maximum atomic E-state index is 12.4. The van der Waals surface area contributed by atoms with Gasteiger partial charge in [-0.15, -0.1) is 0 Å². The highest BCUT2D eigenvalue weighted by molar-refractivity contribution is 7.90. The SMILES string of the molecule is O=C1C=C(OSOC2=CC(=O)c3ccccc3C2=O)c2ccccc2C1=O. The second kappa shape index (κ2) is 6.69. The fraction of sp³-hybridized carbons (Fsp3) is 0. The molecule has 0 bridgehead atoms. The van der Waals surface area contributed by atoms with Gasteiger partial charge in [0, 0.05) is 34.4 Å². The molecule has 27 heavy (non-hydrogen) atoms. The number of ketones is 4. The minimum Gasteiger partial charge on any atom is -0.390 e. The average Bonchev–Trinajstić information content (AvgIpc) is 2.69. The third-order valence-electron chi connectivity index (χ3n) is 4.09. The number of hydrogen-bond donors (Lipinski definition) is 0. The summed E-state index contributed by atoms with van der Waals surface area (Å²) in [4.78, 5) is 48.2. The molecule has 0 fully saturated rings. The molecule has 6 nitrogen and oxygen atoms in total. The van der Waals surface area contributed by atoms with Gasteiger partial charge in [0.2, 0.25) is 17.3 Å². The monoisotopic (exact) mass is 378 g/mol. The Kier molecular flexibility index (Phi) is 4.21. The smallest absolute Gasteiger partial charge is 0.293 e. The summed E-state index contributed by atoms with van der Waals surface area (Å²) in [5.41, 5.74) is 1.25. The van der Waals surface area contributed by atoms with Gasteiger partial charge >= 0.3 is 0 Å². The topological polar surface area (TPSA) is 86.7 Å². The lowest BCUT2D eigenvalue weighted by Gasteiger charge is -2.17. The Morgan fingerprint density at radius 3 is 1.78 bits per heavy atom. The fourth-order valence-electron chi connectivity index (χ4n) is 2.80. The largest absolute Gasteiger partial charge is 0.390 e. The minimum absolute atomic E-state index is 0.135. The summed E-state index contributed by atoms with van der Waals surface area (Å²) in [5, 5.41) is 0. The van der Waals surface area contributed by atoms with Gasteiger partial charge in [0.15, 0.2) is 17.3 Å². The second-order valence-electron chi connectivity index (χ2n) is 5.73. The zero-order valence-corrected chi connectivity index (χ0v) is 14.4. The standard InChI is InChI=1S/C20H10O6S/c21-15-9-18(20(24)13-7-3-1-5-11(13)15)26-27-25-17-10-16(22)19(23)14-8-4-2-6-12(14)17/h1-10H. The lowest BCUT2D eigenvalue weighted by atomic mass is 9.94. The Balaban J connectivity index is 1.50. The number of Topliss-reactive ketones (excluding diaryl/α,β-unsaturated/α-hetero) is 2. The van der Waals surface area contributed by atoms with Gasteiger partial charge in [-0.3, -0.25) is 19.2 Å². The van der Waals surface area contributed by atoms with Crippen LogP contribution in [0.25, 0.3) is 5.76 Å². The molecule has 0 heterocycles. The molecule has 0 N–H and O–H groups in total. The van der Waals surface area contributed by atoms with E-state index >= 15 is 0 Å². The first-order chi connectivity index (χ1) is 13.1. The van der Waals surface area contributed by atoms with Gasteiger partial charge in [-0.2, -0.15) is 0 Å². The van der Waals surface area contributed by atoms with E-state index in [1.807, 2.05) is 0 Å². The number of carbonyl (C=O) groups is 4. The Hall–Kier alpha value is -3.45. The molecular weight excluding hydrogens is 368 g/mol. The van der Waals surface area contributed by atoms with Crippen LogP contribution in [-0.2, 0) is 13.2 Å². The van der Waals surface area contributed by atoms with Gasteiger partial charge in [-0.1, -0.05) is 48.5 Å². The van der Waals surface area contributed by atoms with E-state index in [2.05, 4.69) is 0 Å². The Labute approximate surface area is 157 Å². The highest BCUT2D eigenvalue weighted by Gasteiger charge is 2.29. The number of fused-ring (bicyclic) bond motifs is 2. The number of benzene rings is 2. The maximum Gasteiger partial charge on any atom is 0.293 e. The molecule has 0 spiro atoms. The summed E-state index contributed by atoms with van der Waals surface area (Å²) in [5.74, 6) is -2.14. The first kappa shape index (κ1) is 17.0. The predicted molar refractivity (Wildman–Crippen MR) is 96.7 cm³/mol. The van der Waals surface area contributed by atoms with E-state index < -0.39 is 17.3 Å². The van der Waals surface area contributed by atoms with Crippen LogP contribution in [0.1, 0.15) is 36.6 Å². The van der Waals surface area contributed by atoms with Crippen molar-refractivity contribution in [2.75, 3.05) is 0 Å². The second-order valence-corrected chi connectivity index (χ2v) is 6.20. The number of allylic oxidation sites excluding steroid dienone is 3. The third kappa shape index (κ3) is 2.98. The van der Waals surface area contributed by atoms with E-state index in [9.17, 15) is 19.2 Å². The average molecular weight is 378 g/mol. The van der Waals surface area contributed by atoms with Crippen molar-refractivity contribution in [3.8, 4) is 0 Å². The van der Waals surface area contributed by atoms with E-state index in [0.29, 0.717) is 23.5 Å². The predicted octanol–water partition coefficient (Wildman–Crippen LogP) is 3.35. The molecule has 0 amide bonds. The molecule has 2 aliphatic rings. The number of hydrogen-bond acceptors (Lipinski definition) is 7. The van der Waals surface area contributed by atoms with E-state index in [-0.39, 0.29) is 28.4 Å². The van der Waals surface area contributed by atoms with Gasteiger partial charge in [0.05, 0.1) is 0 Å². The van der Waals surface area contributed by atoms with Crippen LogP contribution in [0.2, 0.25) is 0 Å². The maximum absolute atomic E-state index is 12.4. The normalized spacial score (nSPS) is 15.6. The molecule has 0 aliphatic heterocycles. The molecule has 0 atom stereocenters. The molecule has 132 valence electrons. The Bertz CT molecular complexity index is 1080. The van der Waals surface area contributed by atoms with Crippen LogP contribution < -0.4 is 0 Å². The molecule has 2 aromatic rings. The molecule has 4 rings (SSSR count). The summed E-state index contributed by atoms with van der Waals surface area (Å²) in [6, 6.07) is 13.0. The minimum atomic E-state index is -0.707. The van der Waals surface area contributed by atoms with Crippen LogP contribution in [-0.4, -0.2) is 23.1 Å². The van der Waals surface area contributed by atoms with Crippen molar-refractivity contribution in [2.24, 2.45) is 0 Å². The first-order valence-corrected chi connectivity index (χ1v) is 8.53. The van der Waals surface area contributed by atoms with Crippen molar-refractivity contribution < 1.29 is 27.5 Å². The van der Waals surface area contributed by atoms with E-state index in [4.69, 9.17) is 8.37 Å². The van der Waals surface area contributed by atoms with Crippen LogP contribution in [0.3, 0.4) is 0 Å². The van der Waals surface area contributed by atoms with Crippen molar-refractivity contribution >= 4 is 41.2 Å². The Morgan fingerprint density at radius 2 is 1.07 bits per heavy atom. The van der Waals surface area contributed by atoms with Crippen LogP contribution in [0.15, 0.2) is 66.4 Å². The van der Waals surface area contributed by atoms with Crippen molar-refractivity contribution in [1.82, 2.24) is 0 Å². The Morgan fingerprint density at radius 1 is 0.556 bits per heavy atom. The highest BCUT2D eigenvalue weighted by atomic mass is 32.2.